The minimum Gasteiger partial charge on any atom is -0.481 e. The standard InChI is InChI=1S/C12H22N2O3/c1-4-13-10(15)7-14-6-5-12(8-14,9(2)3)11(16)17/h9H,4-8H2,1-3H3,(H,13,15)(H,16,17). The first-order valence-corrected chi connectivity index (χ1v) is 6.15. The van der Waals surface area contributed by atoms with Gasteiger partial charge in [-0.2, -0.15) is 0 Å². The number of likely N-dealkylation sites (tertiary alicyclic amines) is 1. The van der Waals surface area contributed by atoms with Gasteiger partial charge in [0.2, 0.25) is 5.91 Å². The molecule has 0 radical (unpaired) electrons. The van der Waals surface area contributed by atoms with E-state index >= 15 is 0 Å². The van der Waals surface area contributed by atoms with Crippen LogP contribution in [0.4, 0.5) is 0 Å². The van der Waals surface area contributed by atoms with Gasteiger partial charge < -0.3 is 10.4 Å². The van der Waals surface area contributed by atoms with Crippen LogP contribution in [0.3, 0.4) is 0 Å². The Balaban J connectivity index is 2.61. The molecule has 5 heteroatoms. The number of likely N-dealkylation sites (N-methyl/N-ethyl adjacent to an activating group) is 1. The van der Waals surface area contributed by atoms with E-state index in [1.54, 1.807) is 0 Å². The molecule has 1 atom stereocenters. The predicted octanol–water partition coefficient (Wildman–Crippen LogP) is 0.555. The molecule has 0 aromatic heterocycles. The molecule has 0 saturated carbocycles. The van der Waals surface area contributed by atoms with Crippen LogP contribution in [0.1, 0.15) is 27.2 Å². The lowest BCUT2D eigenvalue weighted by molar-refractivity contribution is -0.151. The van der Waals surface area contributed by atoms with Crippen molar-refractivity contribution in [2.75, 3.05) is 26.2 Å². The van der Waals surface area contributed by atoms with Gasteiger partial charge >= 0.3 is 5.97 Å². The molecule has 1 fully saturated rings. The van der Waals surface area contributed by atoms with Crippen LogP contribution in [0, 0.1) is 11.3 Å². The number of carbonyl (C=O) groups excluding carboxylic acids is 1. The van der Waals surface area contributed by atoms with E-state index < -0.39 is 11.4 Å². The lowest BCUT2D eigenvalue weighted by Gasteiger charge is -2.28. The SMILES string of the molecule is CCNC(=O)CN1CCC(C(=O)O)(C(C)C)C1. The molecular formula is C12H22N2O3. The molecule has 0 aromatic rings. The lowest BCUT2D eigenvalue weighted by atomic mass is 9.76. The summed E-state index contributed by atoms with van der Waals surface area (Å²) in [5, 5.41) is 12.1. The Hall–Kier alpha value is -1.10. The monoisotopic (exact) mass is 242 g/mol. The fraction of sp³-hybridized carbons (Fsp3) is 0.833. The molecule has 0 aliphatic carbocycles. The summed E-state index contributed by atoms with van der Waals surface area (Å²) in [5.74, 6) is -0.692. The average molecular weight is 242 g/mol. The Morgan fingerprint density at radius 1 is 1.47 bits per heavy atom. The summed E-state index contributed by atoms with van der Waals surface area (Å²) in [4.78, 5) is 24.8. The highest BCUT2D eigenvalue weighted by atomic mass is 16.4. The van der Waals surface area contributed by atoms with E-state index in [2.05, 4.69) is 5.32 Å². The molecular weight excluding hydrogens is 220 g/mol. The van der Waals surface area contributed by atoms with Gasteiger partial charge in [0.1, 0.15) is 0 Å². The molecule has 5 nitrogen and oxygen atoms in total. The molecule has 1 aliphatic rings. The minimum atomic E-state index is -0.745. The van der Waals surface area contributed by atoms with E-state index in [0.29, 0.717) is 32.6 Å². The van der Waals surface area contributed by atoms with Gasteiger partial charge in [-0.25, -0.2) is 0 Å². The summed E-state index contributed by atoms with van der Waals surface area (Å²) in [6.45, 7) is 7.81. The molecule has 98 valence electrons. The lowest BCUT2D eigenvalue weighted by Crippen LogP contribution is -2.41. The van der Waals surface area contributed by atoms with Crippen molar-refractivity contribution in [1.29, 1.82) is 0 Å². The van der Waals surface area contributed by atoms with Gasteiger partial charge in [0, 0.05) is 13.1 Å². The smallest absolute Gasteiger partial charge is 0.311 e. The summed E-state index contributed by atoms with van der Waals surface area (Å²) in [6, 6.07) is 0. The third-order valence-corrected chi connectivity index (χ3v) is 3.65. The number of carboxylic acid groups (broad SMARTS) is 1. The molecule has 0 bridgehead atoms. The Morgan fingerprint density at radius 3 is 2.53 bits per heavy atom. The van der Waals surface area contributed by atoms with E-state index in [0.717, 1.165) is 0 Å². The zero-order valence-electron chi connectivity index (χ0n) is 10.8. The Morgan fingerprint density at radius 2 is 2.12 bits per heavy atom. The fourth-order valence-electron chi connectivity index (χ4n) is 2.40. The van der Waals surface area contributed by atoms with Crippen LogP contribution in [0.5, 0.6) is 0 Å². The third-order valence-electron chi connectivity index (χ3n) is 3.65. The first kappa shape index (κ1) is 14.0. The zero-order valence-corrected chi connectivity index (χ0v) is 10.8. The van der Waals surface area contributed by atoms with E-state index in [9.17, 15) is 14.7 Å². The summed E-state index contributed by atoms with van der Waals surface area (Å²) in [7, 11) is 0. The normalized spacial score (nSPS) is 25.2. The molecule has 1 saturated heterocycles. The molecule has 1 amide bonds. The zero-order chi connectivity index (χ0) is 13.1. The van der Waals surface area contributed by atoms with Gasteiger partial charge in [-0.1, -0.05) is 13.8 Å². The number of nitrogens with one attached hydrogen (secondary N) is 1. The molecule has 1 unspecified atom stereocenters. The van der Waals surface area contributed by atoms with Crippen molar-refractivity contribution >= 4 is 11.9 Å². The van der Waals surface area contributed by atoms with Crippen LogP contribution in [0.15, 0.2) is 0 Å². The fourth-order valence-corrected chi connectivity index (χ4v) is 2.40. The van der Waals surface area contributed by atoms with Crippen molar-refractivity contribution in [3.63, 3.8) is 0 Å². The number of carbonyl (C=O) groups is 2. The summed E-state index contributed by atoms with van der Waals surface area (Å²) in [5.41, 5.74) is -0.688. The number of hydrogen-bond donors (Lipinski definition) is 2. The van der Waals surface area contributed by atoms with Gasteiger partial charge in [0.25, 0.3) is 0 Å². The summed E-state index contributed by atoms with van der Waals surface area (Å²) >= 11 is 0. The largest absolute Gasteiger partial charge is 0.481 e. The van der Waals surface area contributed by atoms with Gasteiger partial charge in [-0.15, -0.1) is 0 Å². The quantitative estimate of drug-likeness (QED) is 0.739. The first-order chi connectivity index (χ1) is 7.92. The number of amides is 1. The molecule has 2 N–H and O–H groups in total. The van der Waals surface area contributed by atoms with Crippen LogP contribution < -0.4 is 5.32 Å². The van der Waals surface area contributed by atoms with Crippen molar-refractivity contribution in [3.05, 3.63) is 0 Å². The minimum absolute atomic E-state index is 0.0301. The molecule has 1 heterocycles. The highest BCUT2D eigenvalue weighted by molar-refractivity contribution is 5.79. The van der Waals surface area contributed by atoms with E-state index in [1.807, 2.05) is 25.7 Å². The molecule has 17 heavy (non-hydrogen) atoms. The Labute approximate surface area is 102 Å². The maximum Gasteiger partial charge on any atom is 0.311 e. The van der Waals surface area contributed by atoms with Gasteiger partial charge in [-0.3, -0.25) is 14.5 Å². The van der Waals surface area contributed by atoms with Crippen molar-refractivity contribution in [1.82, 2.24) is 10.2 Å². The molecule has 0 aromatic carbocycles. The van der Waals surface area contributed by atoms with Crippen molar-refractivity contribution < 1.29 is 14.7 Å². The van der Waals surface area contributed by atoms with Gasteiger partial charge in [0.05, 0.1) is 12.0 Å². The molecule has 1 rings (SSSR count). The topological polar surface area (TPSA) is 69.6 Å². The van der Waals surface area contributed by atoms with Crippen LogP contribution in [0.2, 0.25) is 0 Å². The van der Waals surface area contributed by atoms with Crippen molar-refractivity contribution in [2.24, 2.45) is 11.3 Å². The highest BCUT2D eigenvalue weighted by Gasteiger charge is 2.47. The maximum absolute atomic E-state index is 11.4. The van der Waals surface area contributed by atoms with Crippen molar-refractivity contribution in [3.8, 4) is 0 Å². The number of rotatable bonds is 5. The summed E-state index contributed by atoms with van der Waals surface area (Å²) < 4.78 is 0. The van der Waals surface area contributed by atoms with Crippen LogP contribution in [0.25, 0.3) is 0 Å². The van der Waals surface area contributed by atoms with Crippen LogP contribution in [-0.4, -0.2) is 48.1 Å². The van der Waals surface area contributed by atoms with Gasteiger partial charge in [-0.05, 0) is 25.8 Å². The number of hydrogen-bond acceptors (Lipinski definition) is 3. The highest BCUT2D eigenvalue weighted by Crippen LogP contribution is 2.37. The van der Waals surface area contributed by atoms with E-state index in [4.69, 9.17) is 0 Å². The Kier molecular flexibility index (Phi) is 4.51. The number of nitrogens with zero attached hydrogens (tertiary/aromatic N) is 1. The average Bonchev–Trinajstić information content (AvgIpc) is 2.63. The Bertz CT molecular complexity index is 304. The molecule has 1 aliphatic heterocycles. The van der Waals surface area contributed by atoms with E-state index in [-0.39, 0.29) is 11.8 Å². The second-order valence-electron chi connectivity index (χ2n) is 5.03. The van der Waals surface area contributed by atoms with Gasteiger partial charge in [0.15, 0.2) is 0 Å². The number of aliphatic carboxylic acids is 1. The maximum atomic E-state index is 11.4. The number of carboxylic acids is 1. The molecule has 0 spiro atoms. The second-order valence-corrected chi connectivity index (χ2v) is 5.03. The first-order valence-electron chi connectivity index (χ1n) is 6.15. The summed E-state index contributed by atoms with van der Waals surface area (Å²) in [6.07, 6.45) is 0.624. The van der Waals surface area contributed by atoms with E-state index in [1.165, 1.54) is 0 Å². The van der Waals surface area contributed by atoms with Crippen molar-refractivity contribution in [2.45, 2.75) is 27.2 Å². The third kappa shape index (κ3) is 2.97. The predicted molar refractivity (Wildman–Crippen MR) is 64.6 cm³/mol. The second kappa shape index (κ2) is 5.49. The van der Waals surface area contributed by atoms with Crippen LogP contribution in [-0.2, 0) is 9.59 Å². The van der Waals surface area contributed by atoms with Crippen LogP contribution >= 0.6 is 0 Å².